The van der Waals surface area contributed by atoms with E-state index in [1.165, 1.54) is 12.1 Å². The van der Waals surface area contributed by atoms with Crippen LogP contribution in [-0.2, 0) is 0 Å². The molecule has 9 heteroatoms. The lowest BCUT2D eigenvalue weighted by atomic mass is 10.2. The second kappa shape index (κ2) is 7.81. The number of aromatic nitrogens is 1. The highest BCUT2D eigenvalue weighted by Gasteiger charge is 2.31. The van der Waals surface area contributed by atoms with Crippen molar-refractivity contribution >= 4 is 11.5 Å². The molecule has 1 aromatic carbocycles. The van der Waals surface area contributed by atoms with Crippen LogP contribution in [0.3, 0.4) is 0 Å². The molecule has 1 aliphatic heterocycles. The lowest BCUT2D eigenvalue weighted by Crippen LogP contribution is -2.26. The molecule has 1 fully saturated rings. The van der Waals surface area contributed by atoms with Gasteiger partial charge in [-0.2, -0.15) is 0 Å². The van der Waals surface area contributed by atoms with Gasteiger partial charge in [-0.25, -0.2) is 4.98 Å². The number of ether oxygens (including phenoxy) is 3. The van der Waals surface area contributed by atoms with Gasteiger partial charge >= 0.3 is 6.36 Å². The molecule has 1 aromatic heterocycles. The second-order valence-corrected chi connectivity index (χ2v) is 6.07. The number of nitrogens with zero attached hydrogens (tertiary/aromatic N) is 2. The molecule has 1 atom stereocenters. The van der Waals surface area contributed by atoms with Crippen molar-refractivity contribution in [2.75, 3.05) is 37.5 Å². The highest BCUT2D eigenvalue weighted by atomic mass is 19.4. The number of methoxy groups -OCH3 is 2. The predicted octanol–water partition coefficient (Wildman–Crippen LogP) is 3.69. The van der Waals surface area contributed by atoms with Crippen LogP contribution in [0.1, 0.15) is 6.42 Å². The third-order valence-corrected chi connectivity index (χ3v) is 4.21. The molecule has 3 rings (SSSR count). The van der Waals surface area contributed by atoms with E-state index < -0.39 is 6.36 Å². The van der Waals surface area contributed by atoms with E-state index in [0.29, 0.717) is 17.3 Å². The van der Waals surface area contributed by atoms with Gasteiger partial charge in [0.1, 0.15) is 23.1 Å². The van der Waals surface area contributed by atoms with Crippen LogP contribution in [-0.4, -0.2) is 44.7 Å². The third-order valence-electron chi connectivity index (χ3n) is 4.21. The average molecular weight is 383 g/mol. The van der Waals surface area contributed by atoms with Gasteiger partial charge in [-0.15, -0.1) is 13.2 Å². The minimum atomic E-state index is -4.72. The number of benzene rings is 1. The summed E-state index contributed by atoms with van der Waals surface area (Å²) < 4.78 is 51.0. The summed E-state index contributed by atoms with van der Waals surface area (Å²) in [6.45, 7) is 1.54. The Morgan fingerprint density at radius 2 is 1.78 bits per heavy atom. The van der Waals surface area contributed by atoms with E-state index in [0.717, 1.165) is 31.4 Å². The molecule has 1 saturated heterocycles. The van der Waals surface area contributed by atoms with E-state index in [4.69, 9.17) is 9.47 Å². The quantitative estimate of drug-likeness (QED) is 0.821. The SMILES string of the molecule is COc1cc(OC)cc(N2CCC(Nc3ccc(OC(F)(F)F)cn3)C2)c1. The predicted molar refractivity (Wildman–Crippen MR) is 94.7 cm³/mol. The Morgan fingerprint density at radius 3 is 2.33 bits per heavy atom. The summed E-state index contributed by atoms with van der Waals surface area (Å²) >= 11 is 0. The van der Waals surface area contributed by atoms with Crippen LogP contribution < -0.4 is 24.4 Å². The molecular weight excluding hydrogens is 363 g/mol. The van der Waals surface area contributed by atoms with Gasteiger partial charge in [-0.1, -0.05) is 0 Å². The summed E-state index contributed by atoms with van der Waals surface area (Å²) in [7, 11) is 3.20. The molecule has 146 valence electrons. The van der Waals surface area contributed by atoms with Crippen molar-refractivity contribution in [3.8, 4) is 17.2 Å². The largest absolute Gasteiger partial charge is 0.573 e. The first-order chi connectivity index (χ1) is 12.9. The molecule has 1 unspecified atom stereocenters. The summed E-state index contributed by atoms with van der Waals surface area (Å²) in [6.07, 6.45) is -2.81. The standard InChI is InChI=1S/C18H20F3N3O3/c1-25-15-7-13(8-16(9-15)26-2)24-6-5-12(11-24)23-17-4-3-14(10-22-17)27-18(19,20)21/h3-4,7-10,12H,5-6,11H2,1-2H3,(H,22,23). The van der Waals surface area contributed by atoms with Crippen LogP contribution in [0, 0.1) is 0 Å². The second-order valence-electron chi connectivity index (χ2n) is 6.07. The lowest BCUT2D eigenvalue weighted by molar-refractivity contribution is -0.274. The molecule has 1 N–H and O–H groups in total. The molecule has 0 radical (unpaired) electrons. The molecule has 0 spiro atoms. The van der Waals surface area contributed by atoms with E-state index in [2.05, 4.69) is 19.9 Å². The molecular formula is C18H20F3N3O3. The van der Waals surface area contributed by atoms with E-state index in [9.17, 15) is 13.2 Å². The van der Waals surface area contributed by atoms with Crippen molar-refractivity contribution in [1.82, 2.24) is 4.98 Å². The molecule has 2 heterocycles. The van der Waals surface area contributed by atoms with E-state index in [-0.39, 0.29) is 11.8 Å². The molecule has 1 aliphatic rings. The molecule has 27 heavy (non-hydrogen) atoms. The topological polar surface area (TPSA) is 55.9 Å². The first-order valence-corrected chi connectivity index (χ1v) is 8.32. The van der Waals surface area contributed by atoms with Crippen molar-refractivity contribution in [2.24, 2.45) is 0 Å². The van der Waals surface area contributed by atoms with Gasteiger partial charge in [0.05, 0.1) is 20.4 Å². The van der Waals surface area contributed by atoms with E-state index in [1.54, 1.807) is 14.2 Å². The van der Waals surface area contributed by atoms with Gasteiger partial charge in [0.2, 0.25) is 0 Å². The van der Waals surface area contributed by atoms with Gasteiger partial charge < -0.3 is 24.4 Å². The average Bonchev–Trinajstić information content (AvgIpc) is 3.10. The van der Waals surface area contributed by atoms with Gasteiger partial charge in [-0.05, 0) is 18.6 Å². The molecule has 0 bridgehead atoms. The van der Waals surface area contributed by atoms with Crippen molar-refractivity contribution < 1.29 is 27.4 Å². The molecule has 6 nitrogen and oxygen atoms in total. The fourth-order valence-electron chi connectivity index (χ4n) is 2.96. The minimum absolute atomic E-state index is 0.115. The number of anilines is 2. The maximum Gasteiger partial charge on any atom is 0.573 e. The summed E-state index contributed by atoms with van der Waals surface area (Å²) in [6, 6.07) is 8.51. The zero-order chi connectivity index (χ0) is 19.4. The maximum absolute atomic E-state index is 12.2. The highest BCUT2D eigenvalue weighted by Crippen LogP contribution is 2.31. The van der Waals surface area contributed by atoms with Gasteiger partial charge in [0.25, 0.3) is 0 Å². The fraction of sp³-hybridized carbons (Fsp3) is 0.389. The summed E-state index contributed by atoms with van der Waals surface area (Å²) in [5, 5.41) is 3.24. The van der Waals surface area contributed by atoms with Crippen LogP contribution in [0.25, 0.3) is 0 Å². The van der Waals surface area contributed by atoms with Crippen LogP contribution in [0.15, 0.2) is 36.5 Å². The summed E-state index contributed by atoms with van der Waals surface area (Å²) in [5.74, 6) is 1.58. The lowest BCUT2D eigenvalue weighted by Gasteiger charge is -2.21. The first kappa shape index (κ1) is 18.9. The van der Waals surface area contributed by atoms with E-state index >= 15 is 0 Å². The van der Waals surface area contributed by atoms with Gasteiger partial charge in [0, 0.05) is 43.0 Å². The Labute approximate surface area is 154 Å². The third kappa shape index (κ3) is 5.08. The number of alkyl halides is 3. The van der Waals surface area contributed by atoms with Crippen molar-refractivity contribution in [2.45, 2.75) is 18.8 Å². The zero-order valence-electron chi connectivity index (χ0n) is 14.9. The Balaban J connectivity index is 1.61. The Hall–Kier alpha value is -2.84. The first-order valence-electron chi connectivity index (χ1n) is 8.32. The van der Waals surface area contributed by atoms with Crippen LogP contribution >= 0.6 is 0 Å². The Morgan fingerprint density at radius 1 is 1.07 bits per heavy atom. The fourth-order valence-corrected chi connectivity index (χ4v) is 2.96. The maximum atomic E-state index is 12.2. The summed E-state index contributed by atoms with van der Waals surface area (Å²) in [5.41, 5.74) is 0.984. The van der Waals surface area contributed by atoms with Gasteiger partial charge in [0.15, 0.2) is 0 Å². The van der Waals surface area contributed by atoms with Crippen molar-refractivity contribution in [3.05, 3.63) is 36.5 Å². The number of hydrogen-bond acceptors (Lipinski definition) is 6. The number of rotatable bonds is 6. The number of halogens is 3. The molecule has 0 aliphatic carbocycles. The van der Waals surface area contributed by atoms with Crippen LogP contribution in [0.2, 0.25) is 0 Å². The van der Waals surface area contributed by atoms with Crippen molar-refractivity contribution in [1.29, 1.82) is 0 Å². The van der Waals surface area contributed by atoms with Crippen molar-refractivity contribution in [3.63, 3.8) is 0 Å². The van der Waals surface area contributed by atoms with Crippen LogP contribution in [0.4, 0.5) is 24.7 Å². The molecule has 0 saturated carbocycles. The smallest absolute Gasteiger partial charge is 0.497 e. The van der Waals surface area contributed by atoms with Gasteiger partial charge in [-0.3, -0.25) is 0 Å². The number of pyridine rings is 1. The number of hydrogen-bond donors (Lipinski definition) is 1. The summed E-state index contributed by atoms with van der Waals surface area (Å²) in [4.78, 5) is 6.17. The zero-order valence-corrected chi connectivity index (χ0v) is 14.9. The van der Waals surface area contributed by atoms with Crippen LogP contribution in [0.5, 0.6) is 17.2 Å². The normalized spacial score (nSPS) is 16.9. The Bertz CT molecular complexity index is 746. The highest BCUT2D eigenvalue weighted by molar-refractivity contribution is 5.57. The Kier molecular flexibility index (Phi) is 5.48. The monoisotopic (exact) mass is 383 g/mol. The molecule has 2 aromatic rings. The van der Waals surface area contributed by atoms with E-state index in [1.807, 2.05) is 18.2 Å². The minimum Gasteiger partial charge on any atom is -0.497 e. The number of nitrogens with one attached hydrogen (secondary N) is 1. The molecule has 0 amide bonds.